The largest absolute Gasteiger partial charge is 0.496 e. The summed E-state index contributed by atoms with van der Waals surface area (Å²) in [5.74, 6) is 0.571. The summed E-state index contributed by atoms with van der Waals surface area (Å²) in [6.45, 7) is 2.56. The average molecular weight is 389 g/mol. The molecule has 144 valence electrons. The number of hydrogen-bond acceptors (Lipinski definition) is 4. The zero-order chi connectivity index (χ0) is 19.4. The van der Waals surface area contributed by atoms with E-state index in [1.807, 2.05) is 36.4 Å². The smallest absolute Gasteiger partial charge is 0.226 e. The molecule has 1 fully saturated rings. The van der Waals surface area contributed by atoms with E-state index < -0.39 is 5.41 Å². The highest BCUT2D eigenvalue weighted by atomic mass is 35.5. The highest BCUT2D eigenvalue weighted by Crippen LogP contribution is 2.35. The Balaban J connectivity index is 1.66. The van der Waals surface area contributed by atoms with Gasteiger partial charge < -0.3 is 15.2 Å². The van der Waals surface area contributed by atoms with Crippen LogP contribution in [-0.4, -0.2) is 38.1 Å². The molecule has 1 heterocycles. The molecule has 0 spiro atoms. The Morgan fingerprint density at radius 2 is 1.81 bits per heavy atom. The fourth-order valence-electron chi connectivity index (χ4n) is 3.73. The minimum absolute atomic E-state index is 0.247. The van der Waals surface area contributed by atoms with Gasteiger partial charge in [0, 0.05) is 37.3 Å². The van der Waals surface area contributed by atoms with Crippen LogP contribution in [0.3, 0.4) is 0 Å². The van der Waals surface area contributed by atoms with E-state index in [0.717, 1.165) is 29.0 Å². The maximum absolute atomic E-state index is 12.1. The minimum atomic E-state index is -0.518. The first kappa shape index (κ1) is 19.7. The Hall–Kier alpha value is -2.08. The maximum atomic E-state index is 12.1. The molecule has 6 heteroatoms. The molecule has 5 nitrogen and oxygen atoms in total. The fraction of sp³-hybridized carbons (Fsp3) is 0.381. The number of benzene rings is 2. The predicted molar refractivity (Wildman–Crippen MR) is 106 cm³/mol. The molecule has 1 saturated heterocycles. The zero-order valence-corrected chi connectivity index (χ0v) is 16.5. The normalized spacial score (nSPS) is 16.0. The van der Waals surface area contributed by atoms with Gasteiger partial charge in [-0.2, -0.15) is 0 Å². The van der Waals surface area contributed by atoms with Crippen LogP contribution in [-0.2, 0) is 29.1 Å². The Morgan fingerprint density at radius 3 is 2.41 bits per heavy atom. The van der Waals surface area contributed by atoms with Gasteiger partial charge in [-0.25, -0.2) is 0 Å². The van der Waals surface area contributed by atoms with Crippen molar-refractivity contribution >= 4 is 17.5 Å². The molecule has 27 heavy (non-hydrogen) atoms. The number of ether oxygens (including phenoxy) is 2. The summed E-state index contributed by atoms with van der Waals surface area (Å²) in [6, 6.07) is 13.7. The Bertz CT molecular complexity index is 802. The molecule has 2 aromatic carbocycles. The van der Waals surface area contributed by atoms with Crippen molar-refractivity contribution in [1.82, 2.24) is 4.90 Å². The van der Waals surface area contributed by atoms with E-state index in [-0.39, 0.29) is 5.91 Å². The summed E-state index contributed by atoms with van der Waals surface area (Å²) in [4.78, 5) is 14.4. The van der Waals surface area contributed by atoms with E-state index in [4.69, 9.17) is 26.8 Å². The predicted octanol–water partition coefficient (Wildman–Crippen LogP) is 3.03. The molecule has 2 aromatic rings. The summed E-state index contributed by atoms with van der Waals surface area (Å²) in [5.41, 5.74) is 8.47. The van der Waals surface area contributed by atoms with E-state index in [0.29, 0.717) is 31.1 Å². The number of likely N-dealkylation sites (tertiary alicyclic amines) is 1. The molecule has 0 bridgehead atoms. The second kappa shape index (κ2) is 8.30. The highest BCUT2D eigenvalue weighted by molar-refractivity contribution is 6.30. The number of nitrogens with zero attached hydrogens (tertiary/aromatic N) is 1. The van der Waals surface area contributed by atoms with Crippen molar-refractivity contribution in [2.45, 2.75) is 19.6 Å². The van der Waals surface area contributed by atoms with Gasteiger partial charge in [0.25, 0.3) is 0 Å². The lowest BCUT2D eigenvalue weighted by Gasteiger charge is -2.48. The molecule has 0 unspecified atom stereocenters. The second-order valence-electron chi connectivity index (χ2n) is 7.17. The summed E-state index contributed by atoms with van der Waals surface area (Å²) in [5, 5.41) is 0.688. The number of rotatable bonds is 8. The van der Waals surface area contributed by atoms with E-state index in [2.05, 4.69) is 11.0 Å². The molecule has 2 N–H and O–H groups in total. The number of hydrogen-bond donors (Lipinski definition) is 1. The van der Waals surface area contributed by atoms with Crippen LogP contribution in [0.5, 0.6) is 5.75 Å². The molecule has 0 saturated carbocycles. The number of carbonyl (C=O) groups is 1. The summed E-state index contributed by atoms with van der Waals surface area (Å²) in [6.07, 6.45) is 0.632. The van der Waals surface area contributed by atoms with E-state index in [1.54, 1.807) is 14.2 Å². The molecule has 0 radical (unpaired) electrons. The molecule has 0 aromatic heterocycles. The van der Waals surface area contributed by atoms with Gasteiger partial charge in [-0.3, -0.25) is 9.69 Å². The van der Waals surface area contributed by atoms with E-state index in [1.165, 1.54) is 0 Å². The lowest BCUT2D eigenvalue weighted by molar-refractivity contribution is -0.138. The number of amides is 1. The first-order valence-electron chi connectivity index (χ1n) is 8.87. The van der Waals surface area contributed by atoms with Crippen LogP contribution in [0.1, 0.15) is 16.7 Å². The molecule has 1 aliphatic rings. The van der Waals surface area contributed by atoms with Crippen LogP contribution in [0, 0.1) is 5.41 Å². The van der Waals surface area contributed by atoms with Gasteiger partial charge in [-0.05, 0) is 41.8 Å². The van der Waals surface area contributed by atoms with Crippen LogP contribution in [0.25, 0.3) is 0 Å². The van der Waals surface area contributed by atoms with Crippen LogP contribution >= 0.6 is 11.6 Å². The molecule has 1 aliphatic heterocycles. The van der Waals surface area contributed by atoms with Gasteiger partial charge in [0.05, 0.1) is 19.1 Å². The van der Waals surface area contributed by atoms with Gasteiger partial charge in [0.15, 0.2) is 0 Å². The van der Waals surface area contributed by atoms with Gasteiger partial charge in [-0.15, -0.1) is 0 Å². The third kappa shape index (κ3) is 4.43. The summed E-state index contributed by atoms with van der Waals surface area (Å²) >= 11 is 5.95. The number of primary amides is 1. The first-order valence-corrected chi connectivity index (χ1v) is 9.25. The van der Waals surface area contributed by atoms with Crippen molar-refractivity contribution < 1.29 is 14.3 Å². The van der Waals surface area contributed by atoms with Gasteiger partial charge in [0.2, 0.25) is 5.91 Å². The molecule has 3 rings (SSSR count). The van der Waals surface area contributed by atoms with Crippen molar-refractivity contribution in [3.8, 4) is 5.75 Å². The molecule has 0 aliphatic carbocycles. The number of nitrogens with two attached hydrogens (primary N) is 1. The number of halogens is 1. The minimum Gasteiger partial charge on any atom is -0.496 e. The number of carbonyl (C=O) groups excluding carboxylic acids is 1. The first-order chi connectivity index (χ1) is 13.0. The maximum Gasteiger partial charge on any atom is 0.226 e. The van der Waals surface area contributed by atoms with Crippen LogP contribution in [0.4, 0.5) is 0 Å². The molecular formula is C21H25ClN2O3. The van der Waals surface area contributed by atoms with Crippen LogP contribution in [0.15, 0.2) is 42.5 Å². The Kier molecular flexibility index (Phi) is 6.05. The third-order valence-corrected chi connectivity index (χ3v) is 5.33. The van der Waals surface area contributed by atoms with Crippen molar-refractivity contribution in [1.29, 1.82) is 0 Å². The van der Waals surface area contributed by atoms with Crippen molar-refractivity contribution in [2.75, 3.05) is 27.3 Å². The Labute approximate surface area is 165 Å². The van der Waals surface area contributed by atoms with Gasteiger partial charge in [0.1, 0.15) is 5.75 Å². The summed E-state index contributed by atoms with van der Waals surface area (Å²) < 4.78 is 10.6. The van der Waals surface area contributed by atoms with Crippen molar-refractivity contribution in [3.05, 3.63) is 64.2 Å². The van der Waals surface area contributed by atoms with Gasteiger partial charge in [-0.1, -0.05) is 29.8 Å². The van der Waals surface area contributed by atoms with Crippen molar-refractivity contribution in [2.24, 2.45) is 11.1 Å². The van der Waals surface area contributed by atoms with Crippen LogP contribution < -0.4 is 10.5 Å². The second-order valence-corrected chi connectivity index (χ2v) is 7.61. The van der Waals surface area contributed by atoms with E-state index in [9.17, 15) is 4.79 Å². The monoisotopic (exact) mass is 388 g/mol. The Morgan fingerprint density at radius 1 is 1.15 bits per heavy atom. The molecular weight excluding hydrogens is 364 g/mol. The highest BCUT2D eigenvalue weighted by Gasteiger charge is 2.47. The topological polar surface area (TPSA) is 64.8 Å². The quantitative estimate of drug-likeness (QED) is 0.755. The van der Waals surface area contributed by atoms with Crippen molar-refractivity contribution in [3.63, 3.8) is 0 Å². The lowest BCUT2D eigenvalue weighted by atomic mass is 9.74. The lowest BCUT2D eigenvalue weighted by Crippen LogP contribution is -2.62. The van der Waals surface area contributed by atoms with Crippen LogP contribution in [0.2, 0.25) is 5.02 Å². The van der Waals surface area contributed by atoms with Gasteiger partial charge >= 0.3 is 0 Å². The standard InChI is InChI=1S/C21H25ClN2O3/c1-26-12-17-9-16(5-8-19(17)27-2)11-24-13-21(14-24,20(23)25)10-15-3-6-18(22)7-4-15/h3-9H,10-14H2,1-2H3,(H2,23,25). The SMILES string of the molecule is COCc1cc(CN2CC(Cc3ccc(Cl)cc3)(C(N)=O)C2)ccc1OC. The molecule has 0 atom stereocenters. The number of methoxy groups -OCH3 is 2. The summed E-state index contributed by atoms with van der Waals surface area (Å²) in [7, 11) is 3.32. The fourth-order valence-corrected chi connectivity index (χ4v) is 3.85. The average Bonchev–Trinajstić information content (AvgIpc) is 2.62. The van der Waals surface area contributed by atoms with E-state index >= 15 is 0 Å². The molecule has 1 amide bonds. The third-order valence-electron chi connectivity index (χ3n) is 5.08. The zero-order valence-electron chi connectivity index (χ0n) is 15.7.